The maximum absolute atomic E-state index is 11.5. The summed E-state index contributed by atoms with van der Waals surface area (Å²) in [6, 6.07) is 7.02. The summed E-state index contributed by atoms with van der Waals surface area (Å²) >= 11 is 5.70. The van der Waals surface area contributed by atoms with Crippen LogP contribution in [0.3, 0.4) is 0 Å². The molecule has 0 saturated heterocycles. The molecule has 2 rings (SSSR count). The molecule has 1 heterocycles. The lowest BCUT2D eigenvalue weighted by atomic mass is 10.3. The fourth-order valence-electron chi connectivity index (χ4n) is 1.39. The highest BCUT2D eigenvalue weighted by atomic mass is 35.5. The molecule has 0 aliphatic heterocycles. The van der Waals surface area contributed by atoms with Crippen molar-refractivity contribution in [1.82, 2.24) is 0 Å². The quantitative estimate of drug-likeness (QED) is 0.283. The highest BCUT2D eigenvalue weighted by Gasteiger charge is 2.13. The zero-order valence-electron chi connectivity index (χ0n) is 9.99. The first-order valence-corrected chi connectivity index (χ1v) is 5.81. The van der Waals surface area contributed by atoms with Crippen LogP contribution >= 0.6 is 11.6 Å². The summed E-state index contributed by atoms with van der Waals surface area (Å²) < 4.78 is 9.96. The van der Waals surface area contributed by atoms with Gasteiger partial charge in [0.25, 0.3) is 5.69 Å². The number of nitrogens with zero attached hydrogens (tertiary/aromatic N) is 1. The number of hydrogen-bond donors (Lipinski definition) is 0. The van der Waals surface area contributed by atoms with Crippen LogP contribution in [0.15, 0.2) is 47.1 Å². The molecule has 1 aromatic heterocycles. The number of furan rings is 1. The first-order valence-electron chi connectivity index (χ1n) is 5.43. The second kappa shape index (κ2) is 6.03. The van der Waals surface area contributed by atoms with Crippen LogP contribution in [0.5, 0.6) is 5.75 Å². The predicted molar refractivity (Wildman–Crippen MR) is 71.5 cm³/mol. The van der Waals surface area contributed by atoms with Crippen LogP contribution < -0.4 is 4.74 Å². The van der Waals surface area contributed by atoms with Gasteiger partial charge in [-0.3, -0.25) is 10.1 Å². The monoisotopic (exact) mass is 293 g/mol. The average molecular weight is 294 g/mol. The maximum Gasteiger partial charge on any atom is 0.336 e. The maximum atomic E-state index is 11.5. The number of carbonyl (C=O) groups is 1. The highest BCUT2D eigenvalue weighted by molar-refractivity contribution is 6.32. The van der Waals surface area contributed by atoms with Crippen LogP contribution in [0, 0.1) is 10.1 Å². The molecule has 0 aliphatic rings. The van der Waals surface area contributed by atoms with Gasteiger partial charge < -0.3 is 9.15 Å². The zero-order chi connectivity index (χ0) is 14.5. The van der Waals surface area contributed by atoms with Crippen LogP contribution in [0.4, 0.5) is 5.69 Å². The van der Waals surface area contributed by atoms with Crippen molar-refractivity contribution >= 4 is 29.3 Å². The molecule has 102 valence electrons. The van der Waals surface area contributed by atoms with Gasteiger partial charge in [-0.2, -0.15) is 0 Å². The summed E-state index contributed by atoms with van der Waals surface area (Å²) in [6.45, 7) is 0. The van der Waals surface area contributed by atoms with Gasteiger partial charge in [0.05, 0.1) is 11.2 Å². The highest BCUT2D eigenvalue weighted by Crippen LogP contribution is 2.28. The molecule has 0 spiro atoms. The Labute approximate surface area is 118 Å². The lowest BCUT2D eigenvalue weighted by Gasteiger charge is -2.01. The van der Waals surface area contributed by atoms with Gasteiger partial charge in [-0.05, 0) is 24.3 Å². The van der Waals surface area contributed by atoms with Gasteiger partial charge in [0.1, 0.15) is 16.5 Å². The largest absolute Gasteiger partial charge is 0.465 e. The van der Waals surface area contributed by atoms with Gasteiger partial charge in [-0.1, -0.05) is 11.6 Å². The molecule has 0 fully saturated rings. The van der Waals surface area contributed by atoms with E-state index in [1.54, 1.807) is 12.1 Å². The van der Waals surface area contributed by atoms with Crippen LogP contribution in [0.1, 0.15) is 5.76 Å². The number of nitro benzene ring substituents is 1. The minimum absolute atomic E-state index is 0.102. The summed E-state index contributed by atoms with van der Waals surface area (Å²) in [6.07, 6.45) is 4.09. The van der Waals surface area contributed by atoms with Gasteiger partial charge >= 0.3 is 5.97 Å². The third-order valence-corrected chi connectivity index (χ3v) is 2.56. The van der Waals surface area contributed by atoms with Gasteiger partial charge in [0.2, 0.25) is 0 Å². The Morgan fingerprint density at radius 3 is 2.80 bits per heavy atom. The van der Waals surface area contributed by atoms with Crippen molar-refractivity contribution in [3.63, 3.8) is 0 Å². The summed E-state index contributed by atoms with van der Waals surface area (Å²) in [4.78, 5) is 21.5. The second-order valence-corrected chi connectivity index (χ2v) is 4.05. The van der Waals surface area contributed by atoms with Crippen molar-refractivity contribution in [3.05, 3.63) is 63.6 Å². The Kier molecular flexibility index (Phi) is 4.17. The van der Waals surface area contributed by atoms with Crippen molar-refractivity contribution in [3.8, 4) is 5.75 Å². The van der Waals surface area contributed by atoms with E-state index in [2.05, 4.69) is 0 Å². The molecule has 1 aromatic carbocycles. The second-order valence-electron chi connectivity index (χ2n) is 3.64. The topological polar surface area (TPSA) is 82.6 Å². The van der Waals surface area contributed by atoms with Crippen LogP contribution in [0.2, 0.25) is 5.02 Å². The molecule has 2 aromatic rings. The first kappa shape index (κ1) is 13.8. The van der Waals surface area contributed by atoms with Gasteiger partial charge in [-0.15, -0.1) is 0 Å². The third kappa shape index (κ3) is 3.46. The van der Waals surface area contributed by atoms with Crippen molar-refractivity contribution in [1.29, 1.82) is 0 Å². The Bertz CT molecular complexity index is 663. The molecule has 7 heteroatoms. The minimum Gasteiger partial charge on any atom is -0.465 e. The number of nitro groups is 1. The molecule has 0 radical (unpaired) electrons. The number of rotatable bonds is 4. The zero-order valence-corrected chi connectivity index (χ0v) is 10.7. The first-order chi connectivity index (χ1) is 9.56. The van der Waals surface area contributed by atoms with E-state index in [9.17, 15) is 14.9 Å². The molecule has 0 saturated carbocycles. The SMILES string of the molecule is O=C(/C=C/c1ccco1)Oc1ccc([N+](=O)[O-])c(Cl)c1. The molecule has 0 N–H and O–H groups in total. The van der Waals surface area contributed by atoms with Crippen molar-refractivity contribution in [2.24, 2.45) is 0 Å². The Morgan fingerprint density at radius 2 is 2.20 bits per heavy atom. The van der Waals surface area contributed by atoms with E-state index in [0.29, 0.717) is 5.76 Å². The number of halogens is 1. The molecule has 0 unspecified atom stereocenters. The van der Waals surface area contributed by atoms with E-state index in [0.717, 1.165) is 0 Å². The van der Waals surface area contributed by atoms with Crippen molar-refractivity contribution in [2.45, 2.75) is 0 Å². The van der Waals surface area contributed by atoms with E-state index in [1.807, 2.05) is 0 Å². The van der Waals surface area contributed by atoms with Crippen molar-refractivity contribution in [2.75, 3.05) is 0 Å². The van der Waals surface area contributed by atoms with E-state index in [4.69, 9.17) is 20.8 Å². The van der Waals surface area contributed by atoms with E-state index in [-0.39, 0.29) is 16.5 Å². The Hall–Kier alpha value is -2.60. The number of ether oxygens (including phenoxy) is 1. The molecule has 0 amide bonds. The molecule has 0 atom stereocenters. The predicted octanol–water partition coefficient (Wildman–Crippen LogP) is 3.46. The van der Waals surface area contributed by atoms with E-state index in [1.165, 1.54) is 36.6 Å². The molecule has 0 aliphatic carbocycles. The van der Waals surface area contributed by atoms with Gasteiger partial charge in [0, 0.05) is 18.2 Å². The minimum atomic E-state index is -0.647. The van der Waals surface area contributed by atoms with Crippen LogP contribution in [-0.2, 0) is 4.79 Å². The Balaban J connectivity index is 2.05. The number of benzene rings is 1. The number of esters is 1. The summed E-state index contributed by atoms with van der Waals surface area (Å²) in [7, 11) is 0. The van der Waals surface area contributed by atoms with Crippen LogP contribution in [-0.4, -0.2) is 10.9 Å². The smallest absolute Gasteiger partial charge is 0.336 e. The average Bonchev–Trinajstić information content (AvgIpc) is 2.89. The normalized spacial score (nSPS) is 10.7. The fourth-order valence-corrected chi connectivity index (χ4v) is 1.63. The summed E-state index contributed by atoms with van der Waals surface area (Å²) in [5.41, 5.74) is -0.252. The standard InChI is InChI=1S/C13H8ClNO5/c14-11-8-10(3-5-12(11)15(17)18)20-13(16)6-4-9-2-1-7-19-9/h1-8H/b6-4+. The number of carbonyl (C=O) groups excluding carboxylic acids is 1. The lowest BCUT2D eigenvalue weighted by molar-refractivity contribution is -0.384. The molecule has 20 heavy (non-hydrogen) atoms. The Morgan fingerprint density at radius 1 is 1.40 bits per heavy atom. The van der Waals surface area contributed by atoms with E-state index < -0.39 is 10.9 Å². The van der Waals surface area contributed by atoms with Gasteiger partial charge in [0.15, 0.2) is 0 Å². The molecule has 6 nitrogen and oxygen atoms in total. The molecular weight excluding hydrogens is 286 g/mol. The van der Waals surface area contributed by atoms with Crippen LogP contribution in [0.25, 0.3) is 6.08 Å². The molecular formula is C13H8ClNO5. The van der Waals surface area contributed by atoms with E-state index >= 15 is 0 Å². The summed E-state index contributed by atoms with van der Waals surface area (Å²) in [5.74, 6) is -0.0234. The molecule has 0 bridgehead atoms. The fraction of sp³-hybridized carbons (Fsp3) is 0. The third-order valence-electron chi connectivity index (χ3n) is 2.26. The number of hydrogen-bond acceptors (Lipinski definition) is 5. The summed E-state index contributed by atoms with van der Waals surface area (Å²) in [5, 5.41) is 10.5. The van der Waals surface area contributed by atoms with Gasteiger partial charge in [-0.25, -0.2) is 4.79 Å². The van der Waals surface area contributed by atoms with Crippen molar-refractivity contribution < 1.29 is 18.9 Å². The lowest BCUT2D eigenvalue weighted by Crippen LogP contribution is -2.03.